The van der Waals surface area contributed by atoms with Gasteiger partial charge in [-0.25, -0.2) is 0 Å². The van der Waals surface area contributed by atoms with E-state index in [1.165, 1.54) is 51.4 Å². The van der Waals surface area contributed by atoms with Gasteiger partial charge >= 0.3 is 5.97 Å². The molecule has 330 valence electrons. The molecular weight excluding hydrogens is 719 g/mol. The van der Waals surface area contributed by atoms with E-state index in [0.717, 1.165) is 89.9 Å². The van der Waals surface area contributed by atoms with Crippen molar-refractivity contribution >= 4 is 11.9 Å². The molecule has 0 bridgehead atoms. The molecule has 0 aromatic heterocycles. The lowest BCUT2D eigenvalue weighted by molar-refractivity contribution is -0.150. The standard InChI is InChI=1S/C52H87NO5/c1-4-7-10-13-16-19-22-24-25-26-27-30-33-36-39-42-45-52(57)58-48(43-40-37-34-31-29-23-20-17-14-11-8-5-2)46-51(56)53-49(47-54)50(55)44-41-38-35-32-28-21-18-15-12-9-6-3/h7-8,10-11,16-17,19-20,24-25,27,29-31,36,39,48-50,54-55H,4-6,9,12-15,18,21-23,26,28,32-35,37-38,40-47H2,1-3H3,(H,53,56)/b10-7+,11-8+,19-16+,20-17+,25-24+,30-27+,31-29+,39-36+. The Morgan fingerprint density at radius 3 is 1.40 bits per heavy atom. The van der Waals surface area contributed by atoms with Crippen LogP contribution in [-0.2, 0) is 14.3 Å². The van der Waals surface area contributed by atoms with Crippen molar-refractivity contribution in [2.75, 3.05) is 6.61 Å². The molecular formula is C52H87NO5. The molecule has 0 saturated heterocycles. The van der Waals surface area contributed by atoms with Gasteiger partial charge in [-0.1, -0.05) is 189 Å². The van der Waals surface area contributed by atoms with Crippen LogP contribution in [0, 0.1) is 0 Å². The van der Waals surface area contributed by atoms with Crippen molar-refractivity contribution in [2.45, 2.75) is 212 Å². The highest BCUT2D eigenvalue weighted by Crippen LogP contribution is 2.16. The van der Waals surface area contributed by atoms with Gasteiger partial charge in [-0.15, -0.1) is 0 Å². The zero-order valence-corrected chi connectivity index (χ0v) is 37.4. The van der Waals surface area contributed by atoms with Crippen LogP contribution in [0.5, 0.6) is 0 Å². The number of unbranched alkanes of at least 4 members (excludes halogenated alkanes) is 12. The van der Waals surface area contributed by atoms with E-state index in [9.17, 15) is 19.8 Å². The molecule has 0 aliphatic heterocycles. The van der Waals surface area contributed by atoms with Gasteiger partial charge in [0.15, 0.2) is 0 Å². The molecule has 0 heterocycles. The predicted molar refractivity (Wildman–Crippen MR) is 250 cm³/mol. The van der Waals surface area contributed by atoms with Gasteiger partial charge in [-0.05, 0) is 89.9 Å². The first-order valence-electron chi connectivity index (χ1n) is 23.5. The number of amides is 1. The van der Waals surface area contributed by atoms with Crippen LogP contribution >= 0.6 is 0 Å². The molecule has 0 aliphatic rings. The number of aliphatic hydroxyl groups is 2. The van der Waals surface area contributed by atoms with Gasteiger partial charge in [0.25, 0.3) is 0 Å². The van der Waals surface area contributed by atoms with Crippen LogP contribution in [0.1, 0.15) is 194 Å². The molecule has 0 aromatic carbocycles. The van der Waals surface area contributed by atoms with Gasteiger partial charge in [0.2, 0.25) is 5.91 Å². The first-order chi connectivity index (χ1) is 28.5. The predicted octanol–water partition coefficient (Wildman–Crippen LogP) is 13.8. The summed E-state index contributed by atoms with van der Waals surface area (Å²) in [5, 5.41) is 23.6. The maximum absolute atomic E-state index is 13.1. The van der Waals surface area contributed by atoms with E-state index in [4.69, 9.17) is 4.74 Å². The third-order valence-electron chi connectivity index (χ3n) is 9.92. The van der Waals surface area contributed by atoms with E-state index in [-0.39, 0.29) is 31.3 Å². The smallest absolute Gasteiger partial charge is 0.306 e. The molecule has 3 N–H and O–H groups in total. The number of aliphatic hydroxyl groups excluding tert-OH is 2. The zero-order chi connectivity index (χ0) is 42.4. The van der Waals surface area contributed by atoms with E-state index in [0.29, 0.717) is 19.3 Å². The van der Waals surface area contributed by atoms with E-state index >= 15 is 0 Å². The Hall–Kier alpha value is -3.22. The van der Waals surface area contributed by atoms with Crippen molar-refractivity contribution in [3.8, 4) is 0 Å². The molecule has 0 radical (unpaired) electrons. The van der Waals surface area contributed by atoms with Gasteiger partial charge in [0.1, 0.15) is 6.10 Å². The lowest BCUT2D eigenvalue weighted by Gasteiger charge is -2.24. The Morgan fingerprint density at radius 1 is 0.517 bits per heavy atom. The molecule has 1 amide bonds. The van der Waals surface area contributed by atoms with Crippen LogP contribution < -0.4 is 5.32 Å². The van der Waals surface area contributed by atoms with Crippen LogP contribution in [0.15, 0.2) is 97.2 Å². The minimum atomic E-state index is -0.813. The maximum Gasteiger partial charge on any atom is 0.306 e. The highest BCUT2D eigenvalue weighted by atomic mass is 16.5. The monoisotopic (exact) mass is 806 g/mol. The number of hydrogen-bond donors (Lipinski definition) is 3. The summed E-state index contributed by atoms with van der Waals surface area (Å²) >= 11 is 0. The quantitative estimate of drug-likeness (QED) is 0.0326. The molecule has 0 fully saturated rings. The molecule has 0 rings (SSSR count). The maximum atomic E-state index is 13.1. The van der Waals surface area contributed by atoms with E-state index in [1.807, 2.05) is 6.08 Å². The highest BCUT2D eigenvalue weighted by Gasteiger charge is 2.23. The number of ether oxygens (including phenoxy) is 1. The number of carbonyl (C=O) groups is 2. The second-order valence-electron chi connectivity index (χ2n) is 15.4. The number of hydrogen-bond acceptors (Lipinski definition) is 5. The van der Waals surface area contributed by atoms with Crippen LogP contribution in [0.2, 0.25) is 0 Å². The molecule has 0 saturated carbocycles. The average molecular weight is 806 g/mol. The fourth-order valence-corrected chi connectivity index (χ4v) is 6.43. The SMILES string of the molecule is CC/C=C/C/C=C/C/C=C/C/C=C/C/C=C/CCC(=O)OC(CCCC/C=C/C/C=C/C/C=C/CC)CC(=O)NC(CO)C(O)CCCCCCCCCCCCC. The lowest BCUT2D eigenvalue weighted by Crippen LogP contribution is -2.46. The summed E-state index contributed by atoms with van der Waals surface area (Å²) in [5.74, 6) is -0.623. The number of esters is 1. The fraction of sp³-hybridized carbons (Fsp3) is 0.654. The zero-order valence-electron chi connectivity index (χ0n) is 37.4. The Kier molecular flexibility index (Phi) is 42.4. The Morgan fingerprint density at radius 2 is 0.931 bits per heavy atom. The minimum Gasteiger partial charge on any atom is -0.462 e. The summed E-state index contributed by atoms with van der Waals surface area (Å²) in [6.07, 6.45) is 59.0. The van der Waals surface area contributed by atoms with Crippen molar-refractivity contribution in [1.29, 1.82) is 0 Å². The van der Waals surface area contributed by atoms with Crippen LogP contribution in [0.3, 0.4) is 0 Å². The molecule has 3 unspecified atom stereocenters. The second kappa shape index (κ2) is 44.9. The third kappa shape index (κ3) is 39.6. The number of allylic oxidation sites excluding steroid dienone is 16. The van der Waals surface area contributed by atoms with E-state index < -0.39 is 18.2 Å². The van der Waals surface area contributed by atoms with Crippen LogP contribution in [0.4, 0.5) is 0 Å². The summed E-state index contributed by atoms with van der Waals surface area (Å²) in [7, 11) is 0. The largest absolute Gasteiger partial charge is 0.462 e. The summed E-state index contributed by atoms with van der Waals surface area (Å²) in [5.41, 5.74) is 0. The normalized spacial score (nSPS) is 14.2. The van der Waals surface area contributed by atoms with E-state index in [1.54, 1.807) is 0 Å². The highest BCUT2D eigenvalue weighted by molar-refractivity contribution is 5.77. The minimum absolute atomic E-state index is 0.0161. The molecule has 58 heavy (non-hydrogen) atoms. The topological polar surface area (TPSA) is 95.9 Å². The molecule has 6 nitrogen and oxygen atoms in total. The second-order valence-corrected chi connectivity index (χ2v) is 15.4. The first-order valence-corrected chi connectivity index (χ1v) is 23.5. The Labute approximate surface area is 356 Å². The summed E-state index contributed by atoms with van der Waals surface area (Å²) in [6.45, 7) is 6.19. The van der Waals surface area contributed by atoms with Crippen molar-refractivity contribution in [1.82, 2.24) is 5.32 Å². The third-order valence-corrected chi connectivity index (χ3v) is 9.92. The van der Waals surface area contributed by atoms with Gasteiger partial charge in [-0.3, -0.25) is 9.59 Å². The van der Waals surface area contributed by atoms with Crippen molar-refractivity contribution < 1.29 is 24.5 Å². The van der Waals surface area contributed by atoms with Crippen LogP contribution in [-0.4, -0.2) is 46.9 Å². The number of nitrogens with one attached hydrogen (secondary N) is 1. The molecule has 0 aromatic rings. The van der Waals surface area contributed by atoms with E-state index in [2.05, 4.69) is 117 Å². The molecule has 6 heteroatoms. The number of carbonyl (C=O) groups excluding carboxylic acids is 2. The Bertz CT molecular complexity index is 1180. The van der Waals surface area contributed by atoms with Crippen molar-refractivity contribution in [3.63, 3.8) is 0 Å². The molecule has 0 spiro atoms. The van der Waals surface area contributed by atoms with Crippen molar-refractivity contribution in [3.05, 3.63) is 97.2 Å². The van der Waals surface area contributed by atoms with Gasteiger partial charge in [-0.2, -0.15) is 0 Å². The Balaban J connectivity index is 4.78. The number of rotatable bonds is 40. The van der Waals surface area contributed by atoms with Gasteiger partial charge in [0, 0.05) is 6.42 Å². The van der Waals surface area contributed by atoms with Crippen LogP contribution in [0.25, 0.3) is 0 Å². The summed E-state index contributed by atoms with van der Waals surface area (Å²) in [6, 6.07) is -0.732. The van der Waals surface area contributed by atoms with Gasteiger partial charge in [0.05, 0.1) is 25.2 Å². The summed E-state index contributed by atoms with van der Waals surface area (Å²) in [4.78, 5) is 26.0. The molecule has 0 aliphatic carbocycles. The van der Waals surface area contributed by atoms with Crippen molar-refractivity contribution in [2.24, 2.45) is 0 Å². The lowest BCUT2D eigenvalue weighted by atomic mass is 10.0. The fourth-order valence-electron chi connectivity index (χ4n) is 6.43. The summed E-state index contributed by atoms with van der Waals surface area (Å²) < 4.78 is 5.84. The average Bonchev–Trinajstić information content (AvgIpc) is 3.22. The van der Waals surface area contributed by atoms with Gasteiger partial charge < -0.3 is 20.3 Å². The molecule has 3 atom stereocenters. The first kappa shape index (κ1) is 54.8.